The Labute approximate surface area is 171 Å². The van der Waals surface area contributed by atoms with E-state index in [9.17, 15) is 4.39 Å². The van der Waals surface area contributed by atoms with Gasteiger partial charge in [0.1, 0.15) is 5.75 Å². The molecule has 0 saturated heterocycles. The van der Waals surface area contributed by atoms with Crippen molar-refractivity contribution in [2.45, 2.75) is 6.92 Å². The molecule has 7 nitrogen and oxygen atoms in total. The molecule has 0 atom stereocenters. The van der Waals surface area contributed by atoms with Gasteiger partial charge in [-0.25, -0.2) is 14.1 Å². The van der Waals surface area contributed by atoms with Crippen molar-refractivity contribution in [2.24, 2.45) is 7.05 Å². The molecule has 0 bridgehead atoms. The Morgan fingerprint density at radius 3 is 2.76 bits per heavy atom. The van der Waals surface area contributed by atoms with E-state index in [4.69, 9.17) is 16.3 Å². The number of anilines is 2. The van der Waals surface area contributed by atoms with Gasteiger partial charge in [-0.3, -0.25) is 0 Å². The highest BCUT2D eigenvalue weighted by Crippen LogP contribution is 2.30. The number of ether oxygens (including phenoxy) is 1. The molecule has 2 heterocycles. The fraction of sp³-hybridized carbons (Fsp3) is 0.150. The predicted octanol–water partition coefficient (Wildman–Crippen LogP) is 4.52. The molecule has 0 spiro atoms. The molecular weight excluding hydrogens is 395 g/mol. The number of methoxy groups -OCH3 is 1. The van der Waals surface area contributed by atoms with Crippen LogP contribution in [0.4, 0.5) is 16.0 Å². The van der Waals surface area contributed by atoms with Crippen LogP contribution >= 0.6 is 11.6 Å². The number of imidazole rings is 1. The van der Waals surface area contributed by atoms with Crippen LogP contribution in [0.2, 0.25) is 5.02 Å². The molecule has 4 rings (SSSR count). The zero-order chi connectivity index (χ0) is 20.5. The van der Waals surface area contributed by atoms with E-state index in [1.54, 1.807) is 32.6 Å². The zero-order valence-electron chi connectivity index (χ0n) is 16.0. The third kappa shape index (κ3) is 3.66. The summed E-state index contributed by atoms with van der Waals surface area (Å²) in [4.78, 5) is 8.73. The molecule has 0 aliphatic heterocycles. The lowest BCUT2D eigenvalue weighted by molar-refractivity contribution is 0.413. The van der Waals surface area contributed by atoms with E-state index in [0.29, 0.717) is 17.5 Å². The van der Waals surface area contributed by atoms with E-state index in [2.05, 4.69) is 20.4 Å². The van der Waals surface area contributed by atoms with E-state index in [-0.39, 0.29) is 10.7 Å². The fourth-order valence-corrected chi connectivity index (χ4v) is 3.09. The summed E-state index contributed by atoms with van der Waals surface area (Å²) < 4.78 is 23.1. The molecule has 0 aliphatic carbocycles. The lowest BCUT2D eigenvalue weighted by atomic mass is 10.1. The Balaban J connectivity index is 1.67. The summed E-state index contributed by atoms with van der Waals surface area (Å²) in [5, 5.41) is 7.38. The van der Waals surface area contributed by atoms with Crippen LogP contribution in [0.3, 0.4) is 0 Å². The van der Waals surface area contributed by atoms with Gasteiger partial charge in [0.15, 0.2) is 11.6 Å². The number of aromatic nitrogens is 5. The number of rotatable bonds is 5. The Bertz CT molecular complexity index is 1190. The standard InChI is InChI=1S/C20H18ClFN6O/c1-12-10-28(11-23-12)16-8-7-13(9-17(16)29-3)19-25-20(27(2)26-19)24-15-6-4-5-14(21)18(15)22/h4-11H,1-3H3,(H,24,25,26). The summed E-state index contributed by atoms with van der Waals surface area (Å²) in [6.07, 6.45) is 3.64. The lowest BCUT2D eigenvalue weighted by Gasteiger charge is -2.10. The molecule has 0 aliphatic rings. The van der Waals surface area contributed by atoms with Gasteiger partial charge in [-0.05, 0) is 37.3 Å². The van der Waals surface area contributed by atoms with E-state index in [1.807, 2.05) is 35.9 Å². The second kappa shape index (κ2) is 7.56. The predicted molar refractivity (Wildman–Crippen MR) is 110 cm³/mol. The average molecular weight is 413 g/mol. The van der Waals surface area contributed by atoms with Crippen molar-refractivity contribution in [3.63, 3.8) is 0 Å². The quantitative estimate of drug-likeness (QED) is 0.522. The first-order valence-corrected chi connectivity index (χ1v) is 9.15. The minimum Gasteiger partial charge on any atom is -0.495 e. The van der Waals surface area contributed by atoms with E-state index in [1.165, 1.54) is 10.7 Å². The maximum Gasteiger partial charge on any atom is 0.226 e. The lowest BCUT2D eigenvalue weighted by Crippen LogP contribution is -2.01. The monoisotopic (exact) mass is 412 g/mol. The smallest absolute Gasteiger partial charge is 0.226 e. The van der Waals surface area contributed by atoms with Crippen molar-refractivity contribution in [2.75, 3.05) is 12.4 Å². The first kappa shape index (κ1) is 18.9. The first-order chi connectivity index (χ1) is 14.0. The molecule has 0 radical (unpaired) electrons. The average Bonchev–Trinajstić information content (AvgIpc) is 3.31. The van der Waals surface area contributed by atoms with Gasteiger partial charge in [0.25, 0.3) is 0 Å². The van der Waals surface area contributed by atoms with Gasteiger partial charge in [-0.1, -0.05) is 17.7 Å². The van der Waals surface area contributed by atoms with Crippen molar-refractivity contribution in [3.8, 4) is 22.8 Å². The van der Waals surface area contributed by atoms with Crippen LogP contribution in [0, 0.1) is 12.7 Å². The van der Waals surface area contributed by atoms with Crippen LogP contribution in [0.25, 0.3) is 17.1 Å². The topological polar surface area (TPSA) is 69.8 Å². The van der Waals surface area contributed by atoms with Crippen molar-refractivity contribution < 1.29 is 9.13 Å². The van der Waals surface area contributed by atoms with Gasteiger partial charge in [0.2, 0.25) is 5.95 Å². The molecule has 29 heavy (non-hydrogen) atoms. The minimum atomic E-state index is -0.541. The van der Waals surface area contributed by atoms with Crippen LogP contribution in [0.15, 0.2) is 48.9 Å². The van der Waals surface area contributed by atoms with Crippen molar-refractivity contribution >= 4 is 23.2 Å². The number of halogens is 2. The zero-order valence-corrected chi connectivity index (χ0v) is 16.8. The molecule has 9 heteroatoms. The van der Waals surface area contributed by atoms with E-state index < -0.39 is 5.82 Å². The second-order valence-corrected chi connectivity index (χ2v) is 6.83. The molecule has 1 N–H and O–H groups in total. The SMILES string of the molecule is COc1cc(-c2nc(Nc3cccc(Cl)c3F)n(C)n2)ccc1-n1cnc(C)c1. The van der Waals surface area contributed by atoms with Gasteiger partial charge in [0.05, 0.1) is 35.5 Å². The van der Waals surface area contributed by atoms with Gasteiger partial charge >= 0.3 is 0 Å². The minimum absolute atomic E-state index is 0.0347. The van der Waals surface area contributed by atoms with Gasteiger partial charge in [-0.2, -0.15) is 4.98 Å². The summed E-state index contributed by atoms with van der Waals surface area (Å²) in [5.41, 5.74) is 2.75. The molecule has 2 aromatic heterocycles. The van der Waals surface area contributed by atoms with Gasteiger partial charge in [0, 0.05) is 18.8 Å². The first-order valence-electron chi connectivity index (χ1n) is 8.77. The Kier molecular flexibility index (Phi) is 4.94. The van der Waals surface area contributed by atoms with E-state index >= 15 is 0 Å². The summed E-state index contributed by atoms with van der Waals surface area (Å²) in [5.74, 6) is 0.974. The number of benzene rings is 2. The molecular formula is C20H18ClFN6O. The fourth-order valence-electron chi connectivity index (χ4n) is 2.92. The summed E-state index contributed by atoms with van der Waals surface area (Å²) in [6.45, 7) is 1.92. The van der Waals surface area contributed by atoms with Gasteiger partial charge in [-0.15, -0.1) is 5.10 Å². The second-order valence-electron chi connectivity index (χ2n) is 6.42. The van der Waals surface area contributed by atoms with Gasteiger partial charge < -0.3 is 14.6 Å². The number of hydrogen-bond donors (Lipinski definition) is 1. The Hall–Kier alpha value is -3.39. The molecule has 0 amide bonds. The summed E-state index contributed by atoms with van der Waals surface area (Å²) in [6, 6.07) is 10.4. The molecule has 2 aromatic carbocycles. The third-order valence-electron chi connectivity index (χ3n) is 4.39. The normalized spacial score (nSPS) is 10.9. The van der Waals surface area contributed by atoms with Crippen LogP contribution in [-0.2, 0) is 7.05 Å². The van der Waals surface area contributed by atoms with Crippen molar-refractivity contribution in [3.05, 3.63) is 65.5 Å². The van der Waals surface area contributed by atoms with Crippen molar-refractivity contribution in [1.82, 2.24) is 24.3 Å². The highest BCUT2D eigenvalue weighted by molar-refractivity contribution is 6.31. The van der Waals surface area contributed by atoms with Crippen LogP contribution in [0.1, 0.15) is 5.69 Å². The van der Waals surface area contributed by atoms with Crippen LogP contribution in [0.5, 0.6) is 5.75 Å². The maximum absolute atomic E-state index is 14.2. The number of hydrogen-bond acceptors (Lipinski definition) is 5. The number of nitrogens with zero attached hydrogens (tertiary/aromatic N) is 5. The highest BCUT2D eigenvalue weighted by Gasteiger charge is 2.15. The summed E-state index contributed by atoms with van der Waals surface area (Å²) in [7, 11) is 3.33. The van der Waals surface area contributed by atoms with E-state index in [0.717, 1.165) is 16.9 Å². The van der Waals surface area contributed by atoms with Crippen LogP contribution < -0.4 is 10.1 Å². The van der Waals surface area contributed by atoms with Crippen LogP contribution in [-0.4, -0.2) is 31.4 Å². The van der Waals surface area contributed by atoms with Crippen molar-refractivity contribution in [1.29, 1.82) is 0 Å². The number of aryl methyl sites for hydroxylation is 2. The summed E-state index contributed by atoms with van der Waals surface area (Å²) >= 11 is 5.84. The number of nitrogens with one attached hydrogen (secondary N) is 1. The molecule has 0 unspecified atom stereocenters. The Morgan fingerprint density at radius 1 is 1.21 bits per heavy atom. The largest absolute Gasteiger partial charge is 0.495 e. The third-order valence-corrected chi connectivity index (χ3v) is 4.68. The molecule has 4 aromatic rings. The molecule has 0 fully saturated rings. The maximum atomic E-state index is 14.2. The highest BCUT2D eigenvalue weighted by atomic mass is 35.5. The Morgan fingerprint density at radius 2 is 2.03 bits per heavy atom. The molecule has 148 valence electrons. The molecule has 0 saturated carbocycles.